The van der Waals surface area contributed by atoms with E-state index in [0.717, 1.165) is 0 Å². The van der Waals surface area contributed by atoms with Crippen molar-refractivity contribution >= 4 is 39.4 Å². The van der Waals surface area contributed by atoms with Gasteiger partial charge in [-0.1, -0.05) is 27.5 Å². The molecule has 1 aromatic rings. The first-order valence-corrected chi connectivity index (χ1v) is 7.90. The fraction of sp³-hybridized carbons (Fsp3) is 0.467. The van der Waals surface area contributed by atoms with Crippen molar-refractivity contribution in [3.63, 3.8) is 0 Å². The van der Waals surface area contributed by atoms with Crippen LogP contribution < -0.4 is 5.32 Å². The Kier molecular flexibility index (Phi) is 6.84. The van der Waals surface area contributed by atoms with Gasteiger partial charge in [-0.3, -0.25) is 4.79 Å². The number of hydrogen-bond acceptors (Lipinski definition) is 3. The quantitative estimate of drug-likeness (QED) is 0.777. The Morgan fingerprint density at radius 1 is 1.41 bits per heavy atom. The average Bonchev–Trinajstić information content (AvgIpc) is 2.38. The molecule has 0 aliphatic heterocycles. The number of carboxylic acids is 1. The van der Waals surface area contributed by atoms with Gasteiger partial charge < -0.3 is 15.2 Å². The summed E-state index contributed by atoms with van der Waals surface area (Å²) in [5, 5.41) is 11.9. The minimum atomic E-state index is -1.11. The lowest BCUT2D eigenvalue weighted by molar-refractivity contribution is -0.140. The lowest BCUT2D eigenvalue weighted by atomic mass is 10.1. The van der Waals surface area contributed by atoms with Gasteiger partial charge in [0.05, 0.1) is 16.2 Å². The minimum absolute atomic E-state index is 0.171. The summed E-state index contributed by atoms with van der Waals surface area (Å²) in [5.41, 5.74) is -0.139. The molecule has 0 aromatic heterocycles. The Labute approximate surface area is 143 Å². The molecule has 1 rings (SSSR count). The molecule has 5 nitrogen and oxygen atoms in total. The minimum Gasteiger partial charge on any atom is -0.480 e. The zero-order valence-electron chi connectivity index (χ0n) is 12.7. The highest BCUT2D eigenvalue weighted by Gasteiger charge is 2.23. The molecule has 1 unspecified atom stereocenters. The van der Waals surface area contributed by atoms with E-state index in [-0.39, 0.29) is 29.2 Å². The zero-order valence-corrected chi connectivity index (χ0v) is 15.0. The van der Waals surface area contributed by atoms with Crippen LogP contribution in [-0.2, 0) is 9.53 Å². The molecule has 7 heteroatoms. The standard InChI is InChI=1S/C15H19BrClNO4/c1-15(2,3)22-7-6-12(14(20)21)18-13(19)10-8-9(16)4-5-11(10)17/h4-5,8,12H,6-7H2,1-3H3,(H,18,19)(H,20,21). The molecule has 0 aliphatic rings. The maximum Gasteiger partial charge on any atom is 0.326 e. The van der Waals surface area contributed by atoms with Crippen LogP contribution in [0, 0.1) is 0 Å². The van der Waals surface area contributed by atoms with Crippen LogP contribution >= 0.6 is 27.5 Å². The molecule has 0 radical (unpaired) electrons. The highest BCUT2D eigenvalue weighted by Crippen LogP contribution is 2.21. The Morgan fingerprint density at radius 2 is 2.05 bits per heavy atom. The van der Waals surface area contributed by atoms with Crippen LogP contribution in [0.4, 0.5) is 0 Å². The zero-order chi connectivity index (χ0) is 16.9. The summed E-state index contributed by atoms with van der Waals surface area (Å²) in [6, 6.07) is 3.77. The maximum absolute atomic E-state index is 12.2. The first-order valence-electron chi connectivity index (χ1n) is 6.73. The highest BCUT2D eigenvalue weighted by molar-refractivity contribution is 9.10. The fourth-order valence-corrected chi connectivity index (χ4v) is 2.21. The number of rotatable bonds is 6. The van der Waals surface area contributed by atoms with Crippen molar-refractivity contribution in [2.75, 3.05) is 6.61 Å². The van der Waals surface area contributed by atoms with Crippen molar-refractivity contribution in [1.82, 2.24) is 5.32 Å². The van der Waals surface area contributed by atoms with Gasteiger partial charge in [0.25, 0.3) is 5.91 Å². The number of aliphatic carboxylic acids is 1. The molecule has 0 spiro atoms. The molecular weight excluding hydrogens is 374 g/mol. The lowest BCUT2D eigenvalue weighted by Crippen LogP contribution is -2.42. The van der Waals surface area contributed by atoms with Gasteiger partial charge in [-0.15, -0.1) is 0 Å². The van der Waals surface area contributed by atoms with Crippen molar-refractivity contribution in [3.05, 3.63) is 33.3 Å². The second-order valence-electron chi connectivity index (χ2n) is 5.74. The largest absolute Gasteiger partial charge is 0.480 e. The van der Waals surface area contributed by atoms with Crippen molar-refractivity contribution in [3.8, 4) is 0 Å². The molecule has 0 bridgehead atoms. The van der Waals surface area contributed by atoms with Crippen LogP contribution in [0.2, 0.25) is 5.02 Å². The average molecular weight is 393 g/mol. The third kappa shape index (κ3) is 6.34. The van der Waals surface area contributed by atoms with Gasteiger partial charge >= 0.3 is 5.97 Å². The summed E-state index contributed by atoms with van der Waals surface area (Å²) in [6.07, 6.45) is 0.171. The van der Waals surface area contributed by atoms with Crippen LogP contribution in [0.15, 0.2) is 22.7 Å². The molecule has 1 aromatic carbocycles. The Balaban J connectivity index is 2.72. The van der Waals surface area contributed by atoms with E-state index in [1.807, 2.05) is 20.8 Å². The van der Waals surface area contributed by atoms with E-state index in [0.29, 0.717) is 4.47 Å². The molecule has 0 heterocycles. The second kappa shape index (κ2) is 7.94. The fourth-order valence-electron chi connectivity index (χ4n) is 1.65. The lowest BCUT2D eigenvalue weighted by Gasteiger charge is -2.21. The van der Waals surface area contributed by atoms with E-state index < -0.39 is 17.9 Å². The van der Waals surface area contributed by atoms with Crippen LogP contribution in [0.3, 0.4) is 0 Å². The van der Waals surface area contributed by atoms with Crippen molar-refractivity contribution < 1.29 is 19.4 Å². The number of ether oxygens (including phenoxy) is 1. The van der Waals surface area contributed by atoms with E-state index >= 15 is 0 Å². The molecule has 0 saturated heterocycles. The number of carboxylic acid groups (broad SMARTS) is 1. The number of benzene rings is 1. The molecule has 22 heavy (non-hydrogen) atoms. The third-order valence-electron chi connectivity index (χ3n) is 2.72. The summed E-state index contributed by atoms with van der Waals surface area (Å²) in [6.45, 7) is 5.86. The topological polar surface area (TPSA) is 75.6 Å². The van der Waals surface area contributed by atoms with Crippen LogP contribution in [0.5, 0.6) is 0 Å². The predicted molar refractivity (Wildman–Crippen MR) is 88.4 cm³/mol. The summed E-state index contributed by atoms with van der Waals surface area (Å²) >= 11 is 9.21. The van der Waals surface area contributed by atoms with Crippen molar-refractivity contribution in [2.24, 2.45) is 0 Å². The predicted octanol–water partition coefficient (Wildman–Crippen LogP) is 3.49. The maximum atomic E-state index is 12.2. The summed E-state index contributed by atoms with van der Waals surface area (Å²) < 4.78 is 6.18. The molecule has 1 amide bonds. The van der Waals surface area contributed by atoms with E-state index in [9.17, 15) is 14.7 Å². The van der Waals surface area contributed by atoms with Gasteiger partial charge in [0.2, 0.25) is 0 Å². The first kappa shape index (κ1) is 18.9. The van der Waals surface area contributed by atoms with Gasteiger partial charge in [-0.25, -0.2) is 4.79 Å². The Hall–Kier alpha value is -1.11. The normalized spacial score (nSPS) is 12.8. The summed E-state index contributed by atoms with van der Waals surface area (Å²) in [7, 11) is 0. The van der Waals surface area contributed by atoms with Gasteiger partial charge in [0.15, 0.2) is 0 Å². The molecule has 1 atom stereocenters. The number of carbonyl (C=O) groups is 2. The van der Waals surface area contributed by atoms with Crippen LogP contribution in [0.1, 0.15) is 37.6 Å². The molecule has 2 N–H and O–H groups in total. The molecule has 0 saturated carbocycles. The number of halogens is 2. The number of amides is 1. The van der Waals surface area contributed by atoms with E-state index in [2.05, 4.69) is 21.2 Å². The van der Waals surface area contributed by atoms with Crippen molar-refractivity contribution in [1.29, 1.82) is 0 Å². The number of nitrogens with one attached hydrogen (secondary N) is 1. The SMILES string of the molecule is CC(C)(C)OCCC(NC(=O)c1cc(Br)ccc1Cl)C(=O)O. The Morgan fingerprint density at radius 3 is 2.59 bits per heavy atom. The monoisotopic (exact) mass is 391 g/mol. The van der Waals surface area contributed by atoms with Gasteiger partial charge in [0, 0.05) is 17.5 Å². The molecule has 0 aliphatic carbocycles. The van der Waals surface area contributed by atoms with Gasteiger partial charge in [-0.05, 0) is 39.0 Å². The highest BCUT2D eigenvalue weighted by atomic mass is 79.9. The molecular formula is C15H19BrClNO4. The van der Waals surface area contributed by atoms with E-state index in [1.54, 1.807) is 18.2 Å². The first-order chi connectivity index (χ1) is 10.1. The number of carbonyl (C=O) groups excluding carboxylic acids is 1. The summed E-state index contributed by atoms with van der Waals surface area (Å²) in [5.74, 6) is -1.65. The second-order valence-corrected chi connectivity index (χ2v) is 7.06. The van der Waals surface area contributed by atoms with Crippen molar-refractivity contribution in [2.45, 2.75) is 38.8 Å². The van der Waals surface area contributed by atoms with Crippen LogP contribution in [0.25, 0.3) is 0 Å². The van der Waals surface area contributed by atoms with Gasteiger partial charge in [-0.2, -0.15) is 0 Å². The molecule has 122 valence electrons. The number of hydrogen-bond donors (Lipinski definition) is 2. The molecule has 0 fully saturated rings. The van der Waals surface area contributed by atoms with E-state index in [1.165, 1.54) is 0 Å². The van der Waals surface area contributed by atoms with Crippen LogP contribution in [-0.4, -0.2) is 35.2 Å². The smallest absolute Gasteiger partial charge is 0.326 e. The Bertz CT molecular complexity index is 557. The third-order valence-corrected chi connectivity index (χ3v) is 3.54. The van der Waals surface area contributed by atoms with E-state index in [4.69, 9.17) is 16.3 Å². The summed E-state index contributed by atoms with van der Waals surface area (Å²) in [4.78, 5) is 23.4. The van der Waals surface area contributed by atoms with Gasteiger partial charge in [0.1, 0.15) is 6.04 Å².